The zero-order chi connectivity index (χ0) is 18.5. The second-order valence-electron chi connectivity index (χ2n) is 6.90. The number of piperazine rings is 1. The number of anilines is 1. The smallest absolute Gasteiger partial charge is 0.282 e. The largest absolute Gasteiger partial charge is 0.322 e. The molecule has 1 amide bonds. The SMILES string of the molecule is C[C@H](C(=O)Nc1ccccc1F)[NH+]1CC[NH+](Cc2ccc(Cl)cc2)CC1. The Balaban J connectivity index is 1.50. The van der Waals surface area contributed by atoms with Gasteiger partial charge in [0, 0.05) is 10.6 Å². The lowest BCUT2D eigenvalue weighted by Gasteiger charge is -2.32. The van der Waals surface area contributed by atoms with Gasteiger partial charge in [-0.05, 0) is 31.2 Å². The van der Waals surface area contributed by atoms with Gasteiger partial charge in [-0.15, -0.1) is 0 Å². The zero-order valence-corrected chi connectivity index (χ0v) is 15.7. The molecule has 1 aliphatic rings. The van der Waals surface area contributed by atoms with Gasteiger partial charge < -0.3 is 15.1 Å². The summed E-state index contributed by atoms with van der Waals surface area (Å²) in [7, 11) is 0. The topological polar surface area (TPSA) is 38.0 Å². The highest BCUT2D eigenvalue weighted by Gasteiger charge is 2.31. The fourth-order valence-electron chi connectivity index (χ4n) is 3.41. The van der Waals surface area contributed by atoms with E-state index in [2.05, 4.69) is 17.4 Å². The first-order valence-electron chi connectivity index (χ1n) is 9.01. The Bertz CT molecular complexity index is 745. The van der Waals surface area contributed by atoms with Crippen LogP contribution in [-0.2, 0) is 11.3 Å². The molecular formula is C20H25ClFN3O+2. The maximum Gasteiger partial charge on any atom is 0.282 e. The van der Waals surface area contributed by atoms with Gasteiger partial charge in [0.15, 0.2) is 6.04 Å². The summed E-state index contributed by atoms with van der Waals surface area (Å²) in [4.78, 5) is 15.2. The number of amides is 1. The molecule has 4 nitrogen and oxygen atoms in total. The van der Waals surface area contributed by atoms with E-state index in [0.29, 0.717) is 0 Å². The third-order valence-electron chi connectivity index (χ3n) is 5.10. The molecule has 1 saturated heterocycles. The number of carbonyl (C=O) groups excluding carboxylic acids is 1. The molecule has 0 radical (unpaired) electrons. The van der Waals surface area contributed by atoms with Crippen molar-refractivity contribution in [2.24, 2.45) is 0 Å². The summed E-state index contributed by atoms with van der Waals surface area (Å²) in [5.41, 5.74) is 1.52. The number of halogens is 2. The molecule has 6 heteroatoms. The van der Waals surface area contributed by atoms with E-state index in [1.165, 1.54) is 21.4 Å². The maximum absolute atomic E-state index is 13.7. The van der Waals surface area contributed by atoms with Gasteiger partial charge in [-0.3, -0.25) is 4.79 Å². The first-order valence-corrected chi connectivity index (χ1v) is 9.38. The number of nitrogens with one attached hydrogen (secondary N) is 3. The zero-order valence-electron chi connectivity index (χ0n) is 14.9. The molecule has 1 aliphatic heterocycles. The highest BCUT2D eigenvalue weighted by atomic mass is 35.5. The minimum Gasteiger partial charge on any atom is -0.322 e. The number of rotatable bonds is 5. The Morgan fingerprint density at radius 3 is 2.42 bits per heavy atom. The summed E-state index contributed by atoms with van der Waals surface area (Å²) in [5, 5.41) is 3.47. The lowest BCUT2D eigenvalue weighted by Crippen LogP contribution is -3.29. The van der Waals surface area contributed by atoms with Crippen molar-refractivity contribution in [2.75, 3.05) is 31.5 Å². The number of hydrogen-bond acceptors (Lipinski definition) is 1. The monoisotopic (exact) mass is 377 g/mol. The third kappa shape index (κ3) is 4.81. The summed E-state index contributed by atoms with van der Waals surface area (Å²) in [5.74, 6) is -0.536. The second-order valence-corrected chi connectivity index (χ2v) is 7.34. The van der Waals surface area contributed by atoms with Crippen LogP contribution >= 0.6 is 11.6 Å². The summed E-state index contributed by atoms with van der Waals surface area (Å²) in [6.45, 7) is 6.75. The van der Waals surface area contributed by atoms with Crippen molar-refractivity contribution in [3.05, 3.63) is 64.9 Å². The van der Waals surface area contributed by atoms with Gasteiger partial charge in [0.25, 0.3) is 5.91 Å². The number of benzene rings is 2. The Morgan fingerprint density at radius 1 is 1.12 bits per heavy atom. The van der Waals surface area contributed by atoms with E-state index in [-0.39, 0.29) is 17.6 Å². The molecule has 1 atom stereocenters. The van der Waals surface area contributed by atoms with E-state index in [1.54, 1.807) is 18.2 Å². The van der Waals surface area contributed by atoms with E-state index in [4.69, 9.17) is 11.6 Å². The third-order valence-corrected chi connectivity index (χ3v) is 5.36. The van der Waals surface area contributed by atoms with Crippen molar-refractivity contribution >= 4 is 23.2 Å². The van der Waals surface area contributed by atoms with Crippen LogP contribution in [0.3, 0.4) is 0 Å². The van der Waals surface area contributed by atoms with Crippen molar-refractivity contribution < 1.29 is 19.0 Å². The van der Waals surface area contributed by atoms with Crippen LogP contribution in [0, 0.1) is 5.82 Å². The number of quaternary nitrogens is 2. The molecule has 0 unspecified atom stereocenters. The van der Waals surface area contributed by atoms with Crippen molar-refractivity contribution in [2.45, 2.75) is 19.5 Å². The van der Waals surface area contributed by atoms with Gasteiger partial charge in [-0.2, -0.15) is 0 Å². The highest BCUT2D eigenvalue weighted by molar-refractivity contribution is 6.30. The molecule has 1 heterocycles. The average Bonchev–Trinajstić information content (AvgIpc) is 2.65. The van der Waals surface area contributed by atoms with Crippen LogP contribution in [0.5, 0.6) is 0 Å². The first-order chi connectivity index (χ1) is 12.5. The van der Waals surface area contributed by atoms with Gasteiger partial charge in [0.05, 0.1) is 5.69 Å². The van der Waals surface area contributed by atoms with Gasteiger partial charge in [0.2, 0.25) is 0 Å². The molecule has 0 saturated carbocycles. The minimum absolute atomic E-state index is 0.133. The molecule has 2 aromatic rings. The van der Waals surface area contributed by atoms with Gasteiger partial charge in [-0.1, -0.05) is 35.9 Å². The molecule has 26 heavy (non-hydrogen) atoms. The predicted octanol–water partition coefficient (Wildman–Crippen LogP) is 0.790. The molecule has 2 aromatic carbocycles. The van der Waals surface area contributed by atoms with Crippen molar-refractivity contribution in [1.29, 1.82) is 0 Å². The summed E-state index contributed by atoms with van der Waals surface area (Å²) >= 11 is 5.93. The summed E-state index contributed by atoms with van der Waals surface area (Å²) < 4.78 is 13.7. The lowest BCUT2D eigenvalue weighted by molar-refractivity contribution is -1.02. The summed E-state index contributed by atoms with van der Waals surface area (Å²) in [6, 6.07) is 14.1. The minimum atomic E-state index is -0.403. The van der Waals surface area contributed by atoms with Crippen LogP contribution in [0.4, 0.5) is 10.1 Å². The van der Waals surface area contributed by atoms with E-state index >= 15 is 0 Å². The fraction of sp³-hybridized carbons (Fsp3) is 0.350. The van der Waals surface area contributed by atoms with E-state index in [0.717, 1.165) is 37.7 Å². The van der Waals surface area contributed by atoms with Crippen molar-refractivity contribution in [1.82, 2.24) is 0 Å². The summed E-state index contributed by atoms with van der Waals surface area (Å²) in [6.07, 6.45) is 0. The van der Waals surface area contributed by atoms with Crippen LogP contribution in [-0.4, -0.2) is 38.1 Å². The standard InChI is InChI=1S/C20H23ClFN3O/c1-15(20(26)23-19-5-3-2-4-18(19)22)25-12-10-24(11-13-25)14-16-6-8-17(21)9-7-16/h2-9,15H,10-14H2,1H3,(H,23,26)/p+2/t15-/m1/s1. The Morgan fingerprint density at radius 2 is 1.77 bits per heavy atom. The molecule has 3 N–H and O–H groups in total. The van der Waals surface area contributed by atoms with Crippen LogP contribution in [0.25, 0.3) is 0 Å². The van der Waals surface area contributed by atoms with E-state index < -0.39 is 5.82 Å². The van der Waals surface area contributed by atoms with E-state index in [1.807, 2.05) is 19.1 Å². The van der Waals surface area contributed by atoms with Crippen LogP contribution in [0.1, 0.15) is 12.5 Å². The molecule has 0 bridgehead atoms. The maximum atomic E-state index is 13.7. The number of carbonyl (C=O) groups is 1. The Labute approximate surface area is 158 Å². The van der Waals surface area contributed by atoms with Crippen molar-refractivity contribution in [3.63, 3.8) is 0 Å². The van der Waals surface area contributed by atoms with Gasteiger partial charge in [-0.25, -0.2) is 4.39 Å². The molecule has 0 aromatic heterocycles. The average molecular weight is 378 g/mol. The normalized spacial score (nSPS) is 21.2. The molecule has 3 rings (SSSR count). The Hall–Kier alpha value is -1.95. The lowest BCUT2D eigenvalue weighted by atomic mass is 10.1. The second kappa shape index (κ2) is 8.62. The molecular weight excluding hydrogens is 353 g/mol. The highest BCUT2D eigenvalue weighted by Crippen LogP contribution is 2.12. The molecule has 0 spiro atoms. The molecule has 0 aliphatic carbocycles. The number of hydrogen-bond donors (Lipinski definition) is 3. The van der Waals surface area contributed by atoms with Gasteiger partial charge in [0.1, 0.15) is 38.5 Å². The quantitative estimate of drug-likeness (QED) is 0.708. The Kier molecular flexibility index (Phi) is 6.25. The first kappa shape index (κ1) is 18.8. The molecule has 1 fully saturated rings. The van der Waals surface area contributed by atoms with Crippen LogP contribution < -0.4 is 15.1 Å². The van der Waals surface area contributed by atoms with E-state index in [9.17, 15) is 9.18 Å². The molecule has 138 valence electrons. The van der Waals surface area contributed by atoms with Gasteiger partial charge >= 0.3 is 0 Å². The number of para-hydroxylation sites is 1. The fourth-order valence-corrected chi connectivity index (χ4v) is 3.54. The van der Waals surface area contributed by atoms with Crippen molar-refractivity contribution in [3.8, 4) is 0 Å². The predicted molar refractivity (Wildman–Crippen MR) is 101 cm³/mol. The van der Waals surface area contributed by atoms with Crippen LogP contribution in [0.2, 0.25) is 5.02 Å². The van der Waals surface area contributed by atoms with Crippen LogP contribution in [0.15, 0.2) is 48.5 Å².